The molecule has 9 rings (SSSR count). The van der Waals surface area contributed by atoms with Crippen LogP contribution >= 0.6 is 0 Å². The van der Waals surface area contributed by atoms with Crippen LogP contribution in [0, 0.1) is 0 Å². The van der Waals surface area contributed by atoms with E-state index < -0.39 is 0 Å². The Bertz CT molecular complexity index is 2950. The van der Waals surface area contributed by atoms with Crippen LogP contribution < -0.4 is 0 Å². The lowest BCUT2D eigenvalue weighted by atomic mass is 9.84. The van der Waals surface area contributed by atoms with Crippen molar-refractivity contribution in [1.29, 1.82) is 0 Å². The molecule has 0 aliphatic carbocycles. The molecule has 0 aliphatic rings. The average molecular weight is 590 g/mol. The van der Waals surface area contributed by atoms with Gasteiger partial charge in [0.15, 0.2) is 0 Å². The highest BCUT2D eigenvalue weighted by molar-refractivity contribution is 6.22. The fraction of sp³-hybridized carbons (Fsp3) is 0. The molecule has 0 amide bonds. The highest BCUT2D eigenvalue weighted by Gasteiger charge is 2.18. The number of hydrogen-bond donors (Lipinski definition) is 0. The predicted octanol–water partition coefficient (Wildman–Crippen LogP) is 13.0. The van der Waals surface area contributed by atoms with E-state index in [4.69, 9.17) is 2.74 Å². The summed E-state index contributed by atoms with van der Waals surface area (Å²) in [6.45, 7) is 0. The largest absolute Gasteiger partial charge is 0.0636 e. The van der Waals surface area contributed by atoms with Crippen molar-refractivity contribution in [2.24, 2.45) is 0 Å². The number of rotatable bonds is 4. The molecule has 214 valence electrons. The van der Waals surface area contributed by atoms with Gasteiger partial charge in [0.25, 0.3) is 0 Å². The molecule has 9 aromatic carbocycles. The maximum atomic E-state index is 9.98. The van der Waals surface area contributed by atoms with Crippen LogP contribution in [-0.4, -0.2) is 0 Å². The summed E-state index contributed by atoms with van der Waals surface area (Å²) >= 11 is 0. The van der Waals surface area contributed by atoms with Gasteiger partial charge < -0.3 is 0 Å². The highest BCUT2D eigenvalue weighted by Crippen LogP contribution is 2.45. The minimum absolute atomic E-state index is 0.0240. The molecule has 0 fully saturated rings. The van der Waals surface area contributed by atoms with Crippen molar-refractivity contribution < 1.29 is 9.60 Å². The van der Waals surface area contributed by atoms with E-state index in [1.165, 1.54) is 0 Å². The first-order chi connectivity index (χ1) is 25.7. The molecule has 0 saturated carbocycles. The first-order valence-electron chi connectivity index (χ1n) is 18.9. The second-order valence-electron chi connectivity index (χ2n) is 11.6. The van der Waals surface area contributed by atoms with E-state index in [9.17, 15) is 6.85 Å². The standard InChI is InChI=1S/C46H30/c1-2-10-31(11-3-1)34-18-22-35(23-19-34)45-41-16-8-9-17-42(41)46(40-25-21-33-13-5-7-15-37(33)29-40)44-30-39(26-27-43(44)45)38-24-20-32-12-4-6-14-36(32)28-38/h1-30H/i8D,9D,16D,17D,26D,27D,30D. The van der Waals surface area contributed by atoms with Crippen LogP contribution in [0.15, 0.2) is 182 Å². The zero-order valence-corrected chi connectivity index (χ0v) is 24.8. The molecule has 0 nitrogen and oxygen atoms in total. The van der Waals surface area contributed by atoms with Crippen LogP contribution in [0.3, 0.4) is 0 Å². The molecular formula is C46H30. The van der Waals surface area contributed by atoms with Crippen molar-refractivity contribution in [2.45, 2.75) is 0 Å². The van der Waals surface area contributed by atoms with Gasteiger partial charge >= 0.3 is 0 Å². The third kappa shape index (κ3) is 4.47. The summed E-state index contributed by atoms with van der Waals surface area (Å²) in [4.78, 5) is 0. The summed E-state index contributed by atoms with van der Waals surface area (Å²) in [6, 6.07) is 43.7. The molecule has 0 radical (unpaired) electrons. The Morgan fingerprint density at radius 2 is 0.783 bits per heavy atom. The Labute approximate surface area is 278 Å². The molecule has 0 heterocycles. The molecule has 0 heteroatoms. The predicted molar refractivity (Wildman–Crippen MR) is 198 cm³/mol. The normalized spacial score (nSPS) is 13.6. The molecular weight excluding hydrogens is 553 g/mol. The van der Waals surface area contributed by atoms with Crippen molar-refractivity contribution in [1.82, 2.24) is 0 Å². The molecule has 0 N–H and O–H groups in total. The molecule has 0 aromatic heterocycles. The summed E-state index contributed by atoms with van der Waals surface area (Å²) in [5.74, 6) is 0. The van der Waals surface area contributed by atoms with Gasteiger partial charge in [0.2, 0.25) is 0 Å². The Hall–Kier alpha value is -5.98. The summed E-state index contributed by atoms with van der Waals surface area (Å²) in [5, 5.41) is 5.08. The first kappa shape index (κ1) is 20.1. The van der Waals surface area contributed by atoms with Gasteiger partial charge in [-0.2, -0.15) is 0 Å². The van der Waals surface area contributed by atoms with E-state index in [1.54, 1.807) is 0 Å². The van der Waals surface area contributed by atoms with Crippen LogP contribution in [0.1, 0.15) is 9.60 Å². The highest BCUT2D eigenvalue weighted by atomic mass is 14.2. The molecule has 46 heavy (non-hydrogen) atoms. The summed E-state index contributed by atoms with van der Waals surface area (Å²) in [7, 11) is 0. The van der Waals surface area contributed by atoms with Crippen molar-refractivity contribution in [3.63, 3.8) is 0 Å². The van der Waals surface area contributed by atoms with Crippen LogP contribution in [0.5, 0.6) is 0 Å². The fourth-order valence-corrected chi connectivity index (χ4v) is 6.59. The molecule has 0 saturated heterocycles. The smallest absolute Gasteiger partial charge is 0.0622 e. The van der Waals surface area contributed by atoms with Gasteiger partial charge in [-0.25, -0.2) is 0 Å². The Balaban J connectivity index is 1.49. The van der Waals surface area contributed by atoms with Gasteiger partial charge in [0.1, 0.15) is 0 Å². The SMILES string of the molecule is [2H]c1c([2H])c([2H])c2c(-c3ccc4ccccc4c3)c3c([2H])c(-c4ccc5ccccc5c4)c([2H])c([2H])c3c(-c3ccc(-c4ccccc4)cc3)c2c1[2H]. The lowest BCUT2D eigenvalue weighted by Gasteiger charge is -2.19. The topological polar surface area (TPSA) is 0 Å². The molecule has 0 spiro atoms. The van der Waals surface area contributed by atoms with E-state index in [-0.39, 0.29) is 53.1 Å². The minimum Gasteiger partial charge on any atom is -0.0622 e. The van der Waals surface area contributed by atoms with Crippen LogP contribution in [0.25, 0.3) is 87.6 Å². The van der Waals surface area contributed by atoms with Gasteiger partial charge in [0, 0.05) is 0 Å². The quantitative estimate of drug-likeness (QED) is 0.179. The lowest BCUT2D eigenvalue weighted by molar-refractivity contribution is 1.61. The van der Waals surface area contributed by atoms with Crippen LogP contribution in [0.2, 0.25) is 0 Å². The third-order valence-electron chi connectivity index (χ3n) is 8.86. The monoisotopic (exact) mass is 589 g/mol. The average Bonchev–Trinajstić information content (AvgIpc) is 3.20. The maximum Gasteiger partial charge on any atom is 0.0636 e. The Kier molecular flexibility index (Phi) is 4.76. The van der Waals surface area contributed by atoms with Crippen molar-refractivity contribution in [3.05, 3.63) is 182 Å². The van der Waals surface area contributed by atoms with E-state index in [0.717, 1.165) is 32.7 Å². The van der Waals surface area contributed by atoms with Crippen LogP contribution in [-0.2, 0) is 0 Å². The van der Waals surface area contributed by atoms with E-state index >= 15 is 0 Å². The Morgan fingerprint density at radius 1 is 0.304 bits per heavy atom. The van der Waals surface area contributed by atoms with Crippen LogP contribution in [0.4, 0.5) is 0 Å². The third-order valence-corrected chi connectivity index (χ3v) is 8.86. The van der Waals surface area contributed by atoms with Crippen molar-refractivity contribution >= 4 is 43.1 Å². The van der Waals surface area contributed by atoms with Gasteiger partial charge in [-0.05, 0) is 106 Å². The second-order valence-corrected chi connectivity index (χ2v) is 11.6. The van der Waals surface area contributed by atoms with E-state index in [0.29, 0.717) is 44.2 Å². The summed E-state index contributed by atoms with van der Waals surface area (Å²) in [5.41, 5.74) is 5.03. The van der Waals surface area contributed by atoms with Gasteiger partial charge in [-0.15, -0.1) is 0 Å². The Morgan fingerprint density at radius 3 is 1.46 bits per heavy atom. The molecule has 0 unspecified atom stereocenters. The summed E-state index contributed by atoms with van der Waals surface area (Å²) in [6.07, 6.45) is 0. The van der Waals surface area contributed by atoms with E-state index in [1.807, 2.05) is 140 Å². The number of hydrogen-bond acceptors (Lipinski definition) is 0. The minimum atomic E-state index is -0.384. The molecule has 9 aromatic rings. The second kappa shape index (κ2) is 10.9. The summed E-state index contributed by atoms with van der Waals surface area (Å²) < 4.78 is 65.6. The molecule has 0 bridgehead atoms. The fourth-order valence-electron chi connectivity index (χ4n) is 6.59. The zero-order chi connectivity index (χ0) is 36.5. The van der Waals surface area contributed by atoms with E-state index in [2.05, 4.69) is 0 Å². The van der Waals surface area contributed by atoms with Gasteiger partial charge in [-0.3, -0.25) is 0 Å². The molecule has 0 atom stereocenters. The number of benzene rings is 9. The maximum absolute atomic E-state index is 9.98. The van der Waals surface area contributed by atoms with Crippen molar-refractivity contribution in [2.75, 3.05) is 0 Å². The first-order valence-corrected chi connectivity index (χ1v) is 15.4. The molecule has 0 aliphatic heterocycles. The lowest BCUT2D eigenvalue weighted by Crippen LogP contribution is -1.92. The van der Waals surface area contributed by atoms with Gasteiger partial charge in [0.05, 0.1) is 9.60 Å². The zero-order valence-electron chi connectivity index (χ0n) is 31.8. The van der Waals surface area contributed by atoms with Crippen molar-refractivity contribution in [3.8, 4) is 44.5 Å². The number of fused-ring (bicyclic) bond motifs is 4. The van der Waals surface area contributed by atoms with Gasteiger partial charge in [-0.1, -0.05) is 164 Å².